The molecule has 1 N–H and O–H groups in total. The molecule has 0 unspecified atom stereocenters. The van der Waals surface area contributed by atoms with Gasteiger partial charge in [-0.25, -0.2) is 4.98 Å². The molecule has 1 fully saturated rings. The van der Waals surface area contributed by atoms with Gasteiger partial charge >= 0.3 is 0 Å². The van der Waals surface area contributed by atoms with Crippen LogP contribution in [0.1, 0.15) is 40.6 Å². The number of aromatic nitrogens is 1. The molecule has 1 aromatic heterocycles. The van der Waals surface area contributed by atoms with E-state index in [1.807, 2.05) is 30.3 Å². The molecular weight excluding hydrogens is 304 g/mol. The molecule has 5 heteroatoms. The Labute approximate surface area is 138 Å². The lowest BCUT2D eigenvalue weighted by Gasteiger charge is -2.06. The fourth-order valence-corrected chi connectivity index (χ4v) is 3.06. The SMILES string of the molecule is O=C(Nc1ccc2oc(C3CC3)nc2c1)c1ccc2c(c1)CCO2. The van der Waals surface area contributed by atoms with Crippen LogP contribution in [-0.4, -0.2) is 17.5 Å². The third-order valence-corrected chi connectivity index (χ3v) is 4.54. The fraction of sp³-hybridized carbons (Fsp3) is 0.263. The Balaban J connectivity index is 1.40. The highest BCUT2D eigenvalue weighted by Crippen LogP contribution is 2.40. The number of anilines is 1. The molecule has 24 heavy (non-hydrogen) atoms. The second-order valence-electron chi connectivity index (χ2n) is 6.38. The summed E-state index contributed by atoms with van der Waals surface area (Å²) < 4.78 is 11.2. The molecule has 0 spiro atoms. The topological polar surface area (TPSA) is 64.4 Å². The first-order valence-electron chi connectivity index (χ1n) is 8.24. The van der Waals surface area contributed by atoms with Gasteiger partial charge in [-0.05, 0) is 54.8 Å². The largest absolute Gasteiger partial charge is 0.493 e. The number of fused-ring (bicyclic) bond motifs is 2. The number of benzene rings is 2. The van der Waals surface area contributed by atoms with E-state index in [4.69, 9.17) is 9.15 Å². The Hall–Kier alpha value is -2.82. The van der Waals surface area contributed by atoms with Crippen LogP contribution in [0.5, 0.6) is 5.75 Å². The van der Waals surface area contributed by atoms with Crippen LogP contribution in [0.2, 0.25) is 0 Å². The van der Waals surface area contributed by atoms with Gasteiger partial charge in [0, 0.05) is 23.6 Å². The number of oxazole rings is 1. The smallest absolute Gasteiger partial charge is 0.255 e. The molecule has 5 nitrogen and oxygen atoms in total. The lowest BCUT2D eigenvalue weighted by molar-refractivity contribution is 0.102. The first-order chi connectivity index (χ1) is 11.8. The van der Waals surface area contributed by atoms with E-state index in [2.05, 4.69) is 10.3 Å². The predicted molar refractivity (Wildman–Crippen MR) is 89.6 cm³/mol. The Morgan fingerprint density at radius 2 is 2.08 bits per heavy atom. The van der Waals surface area contributed by atoms with Gasteiger partial charge in [0.25, 0.3) is 5.91 Å². The Bertz CT molecular complexity index is 956. The summed E-state index contributed by atoms with van der Waals surface area (Å²) in [4.78, 5) is 17.0. The predicted octanol–water partition coefficient (Wildman–Crippen LogP) is 3.89. The van der Waals surface area contributed by atoms with Crippen LogP contribution in [0.15, 0.2) is 40.8 Å². The van der Waals surface area contributed by atoms with Gasteiger partial charge in [0.2, 0.25) is 0 Å². The van der Waals surface area contributed by atoms with Crippen molar-refractivity contribution >= 4 is 22.7 Å². The summed E-state index contributed by atoms with van der Waals surface area (Å²) >= 11 is 0. The zero-order valence-electron chi connectivity index (χ0n) is 13.0. The summed E-state index contributed by atoms with van der Waals surface area (Å²) in [5, 5.41) is 2.93. The number of nitrogens with one attached hydrogen (secondary N) is 1. The highest BCUT2D eigenvalue weighted by Gasteiger charge is 2.28. The van der Waals surface area contributed by atoms with E-state index < -0.39 is 0 Å². The monoisotopic (exact) mass is 320 g/mol. The minimum atomic E-state index is -0.130. The van der Waals surface area contributed by atoms with Crippen molar-refractivity contribution < 1.29 is 13.9 Å². The number of hydrogen-bond donors (Lipinski definition) is 1. The molecular formula is C19H16N2O3. The number of hydrogen-bond acceptors (Lipinski definition) is 4. The summed E-state index contributed by atoms with van der Waals surface area (Å²) in [6.45, 7) is 0.687. The first-order valence-corrected chi connectivity index (χ1v) is 8.24. The first kappa shape index (κ1) is 13.6. The summed E-state index contributed by atoms with van der Waals surface area (Å²) in [6.07, 6.45) is 3.15. The number of rotatable bonds is 3. The van der Waals surface area contributed by atoms with Gasteiger partial charge < -0.3 is 14.5 Å². The van der Waals surface area contributed by atoms with E-state index in [1.165, 1.54) is 0 Å². The molecule has 2 heterocycles. The second-order valence-corrected chi connectivity index (χ2v) is 6.38. The molecule has 0 radical (unpaired) electrons. The van der Waals surface area contributed by atoms with Crippen molar-refractivity contribution in [3.63, 3.8) is 0 Å². The van der Waals surface area contributed by atoms with Gasteiger partial charge in [-0.1, -0.05) is 0 Å². The second kappa shape index (κ2) is 5.09. The molecule has 1 saturated carbocycles. The zero-order chi connectivity index (χ0) is 16.1. The molecule has 5 rings (SSSR count). The molecule has 2 aliphatic rings. The van der Waals surface area contributed by atoms with Gasteiger partial charge in [0.1, 0.15) is 11.3 Å². The van der Waals surface area contributed by atoms with Crippen molar-refractivity contribution in [1.29, 1.82) is 0 Å². The minimum absolute atomic E-state index is 0.130. The normalized spacial score (nSPS) is 16.0. The van der Waals surface area contributed by atoms with E-state index in [9.17, 15) is 4.79 Å². The summed E-state index contributed by atoms with van der Waals surface area (Å²) in [5.74, 6) is 2.04. The van der Waals surface area contributed by atoms with Crippen LogP contribution in [0.25, 0.3) is 11.1 Å². The van der Waals surface area contributed by atoms with Crippen molar-refractivity contribution in [1.82, 2.24) is 4.98 Å². The molecule has 2 aromatic carbocycles. The average molecular weight is 320 g/mol. The van der Waals surface area contributed by atoms with Crippen molar-refractivity contribution in [2.75, 3.05) is 11.9 Å². The lowest BCUT2D eigenvalue weighted by Crippen LogP contribution is -2.11. The number of carbonyl (C=O) groups excluding carboxylic acids is 1. The highest BCUT2D eigenvalue weighted by atomic mass is 16.5. The van der Waals surface area contributed by atoms with Crippen LogP contribution >= 0.6 is 0 Å². The van der Waals surface area contributed by atoms with Crippen molar-refractivity contribution in [3.8, 4) is 5.75 Å². The molecule has 1 aliphatic carbocycles. The van der Waals surface area contributed by atoms with Crippen LogP contribution in [0.3, 0.4) is 0 Å². The summed E-state index contributed by atoms with van der Waals surface area (Å²) in [5.41, 5.74) is 4.00. The number of nitrogens with zero attached hydrogens (tertiary/aromatic N) is 1. The Kier molecular flexibility index (Phi) is 2.89. The summed E-state index contributed by atoms with van der Waals surface area (Å²) in [7, 11) is 0. The van der Waals surface area contributed by atoms with Crippen molar-refractivity contribution in [3.05, 3.63) is 53.4 Å². The standard InChI is InChI=1S/C19H16N2O3/c22-18(13-3-5-16-12(9-13)7-8-23-16)20-14-4-6-17-15(10-14)21-19(24-17)11-1-2-11/h3-6,9-11H,1-2,7-8H2,(H,20,22). The third-order valence-electron chi connectivity index (χ3n) is 4.54. The molecule has 1 aliphatic heterocycles. The van der Waals surface area contributed by atoms with Crippen LogP contribution in [-0.2, 0) is 6.42 Å². The maximum absolute atomic E-state index is 12.5. The van der Waals surface area contributed by atoms with Crippen molar-refractivity contribution in [2.45, 2.75) is 25.2 Å². The maximum Gasteiger partial charge on any atom is 0.255 e. The van der Waals surface area contributed by atoms with Gasteiger partial charge in [-0.2, -0.15) is 0 Å². The van der Waals surface area contributed by atoms with Crippen LogP contribution in [0.4, 0.5) is 5.69 Å². The van der Waals surface area contributed by atoms with Crippen molar-refractivity contribution in [2.24, 2.45) is 0 Å². The maximum atomic E-state index is 12.5. The van der Waals surface area contributed by atoms with E-state index in [1.54, 1.807) is 6.07 Å². The summed E-state index contributed by atoms with van der Waals surface area (Å²) in [6, 6.07) is 11.1. The van der Waals surface area contributed by atoms with Crippen LogP contribution in [0, 0.1) is 0 Å². The quantitative estimate of drug-likeness (QED) is 0.795. The highest BCUT2D eigenvalue weighted by molar-refractivity contribution is 6.05. The fourth-order valence-electron chi connectivity index (χ4n) is 3.06. The molecule has 0 bridgehead atoms. The van der Waals surface area contributed by atoms with E-state index in [0.717, 1.165) is 53.3 Å². The number of amides is 1. The zero-order valence-corrected chi connectivity index (χ0v) is 13.0. The van der Waals surface area contributed by atoms with Crippen LogP contribution < -0.4 is 10.1 Å². The Morgan fingerprint density at radius 1 is 1.17 bits per heavy atom. The van der Waals surface area contributed by atoms with Gasteiger partial charge in [-0.15, -0.1) is 0 Å². The van der Waals surface area contributed by atoms with E-state index >= 15 is 0 Å². The molecule has 1 amide bonds. The average Bonchev–Trinajstić information content (AvgIpc) is 3.18. The molecule has 0 atom stereocenters. The lowest BCUT2D eigenvalue weighted by atomic mass is 10.1. The van der Waals surface area contributed by atoms with E-state index in [-0.39, 0.29) is 5.91 Å². The van der Waals surface area contributed by atoms with Gasteiger partial charge in [0.05, 0.1) is 6.61 Å². The van der Waals surface area contributed by atoms with Gasteiger partial charge in [-0.3, -0.25) is 4.79 Å². The van der Waals surface area contributed by atoms with E-state index in [0.29, 0.717) is 18.1 Å². The molecule has 3 aromatic rings. The Morgan fingerprint density at radius 3 is 2.96 bits per heavy atom. The number of carbonyl (C=O) groups is 1. The molecule has 120 valence electrons. The molecule has 0 saturated heterocycles. The minimum Gasteiger partial charge on any atom is -0.493 e. The number of ether oxygens (including phenoxy) is 1. The van der Waals surface area contributed by atoms with Gasteiger partial charge in [0.15, 0.2) is 11.5 Å². The third kappa shape index (κ3) is 2.33.